The topological polar surface area (TPSA) is 96.4 Å². The summed E-state index contributed by atoms with van der Waals surface area (Å²) in [7, 11) is -8.32. The number of sulfone groups is 2. The van der Waals surface area contributed by atoms with Gasteiger partial charge in [-0.1, -0.05) is 154 Å². The number of rotatable bonds is 24. The Morgan fingerprint density at radius 3 is 1.66 bits per heavy atom. The van der Waals surface area contributed by atoms with E-state index in [-0.39, 0.29) is 11.5 Å². The largest absolute Gasteiger partial charge is 0.355 e. The molecule has 0 amide bonds. The van der Waals surface area contributed by atoms with Gasteiger partial charge in [-0.05, 0) is 43.2 Å². The minimum Gasteiger partial charge on any atom is -0.355 e. The predicted octanol–water partition coefficient (Wildman–Crippen LogP) is 9.89. The molecule has 6 nitrogen and oxygen atoms in total. The maximum absolute atomic E-state index is 14.7. The zero-order valence-corrected chi connectivity index (χ0v) is 32.3. The first-order valence-corrected chi connectivity index (χ1v) is 23.0. The molecule has 0 spiro atoms. The lowest BCUT2D eigenvalue weighted by molar-refractivity contribution is 0.545. The summed E-state index contributed by atoms with van der Waals surface area (Å²) < 4.78 is 56.7. The van der Waals surface area contributed by atoms with E-state index < -0.39 is 23.8 Å². The van der Waals surface area contributed by atoms with E-state index in [1.807, 2.05) is 42.5 Å². The number of hydrogen-bond donors (Lipinski definition) is 1. The van der Waals surface area contributed by atoms with Crippen LogP contribution in [0.3, 0.4) is 0 Å². The van der Waals surface area contributed by atoms with Gasteiger partial charge in [-0.2, -0.15) is 0 Å². The second kappa shape index (κ2) is 18.2. The van der Waals surface area contributed by atoms with Crippen LogP contribution in [-0.2, 0) is 23.8 Å². The van der Waals surface area contributed by atoms with Crippen molar-refractivity contribution in [1.29, 1.82) is 0 Å². The van der Waals surface area contributed by atoms with Crippen molar-refractivity contribution in [2.24, 2.45) is 4.99 Å². The van der Waals surface area contributed by atoms with Gasteiger partial charge in [-0.15, -0.1) is 0 Å². The molecule has 2 aromatic carbocycles. The summed E-state index contributed by atoms with van der Waals surface area (Å²) in [6.07, 6.45) is 26.5. The molecule has 1 aromatic heterocycles. The Kier molecular flexibility index (Phi) is 14.0. The highest BCUT2D eigenvalue weighted by atomic mass is 32.3. The third kappa shape index (κ3) is 8.66. The van der Waals surface area contributed by atoms with E-state index in [9.17, 15) is 16.8 Å². The molecule has 5 rings (SSSR count). The first kappa shape index (κ1) is 38.5. The predicted molar refractivity (Wildman–Crippen MR) is 209 cm³/mol. The lowest BCUT2D eigenvalue weighted by atomic mass is 10.0. The Hall–Kier alpha value is -2.71. The summed E-state index contributed by atoms with van der Waals surface area (Å²) in [6.45, 7) is 4.45. The van der Waals surface area contributed by atoms with Crippen molar-refractivity contribution >= 4 is 42.3 Å². The minimum absolute atomic E-state index is 0.155. The molecule has 1 N–H and O–H groups in total. The van der Waals surface area contributed by atoms with Gasteiger partial charge in [0.15, 0.2) is 19.7 Å². The molecule has 2 heterocycles. The Labute approximate surface area is 301 Å². The molecule has 0 unspecified atom stereocenters. The maximum atomic E-state index is 14.7. The molecule has 0 radical (unpaired) electrons. The van der Waals surface area contributed by atoms with Crippen molar-refractivity contribution < 1.29 is 16.8 Å². The third-order valence-electron chi connectivity index (χ3n) is 10.8. The van der Waals surface area contributed by atoms with Crippen LogP contribution in [0.15, 0.2) is 53.5 Å². The molecule has 0 saturated heterocycles. The molecule has 8 heteroatoms. The minimum atomic E-state index is -4.16. The number of H-pyrrole nitrogens is 1. The Morgan fingerprint density at radius 2 is 1.12 bits per heavy atom. The number of nitrogens with zero attached hydrogens (tertiary/aromatic N) is 1. The molecule has 1 aliphatic carbocycles. The van der Waals surface area contributed by atoms with Gasteiger partial charge in [0, 0.05) is 32.3 Å². The third-order valence-corrected chi connectivity index (χ3v) is 16.5. The van der Waals surface area contributed by atoms with Crippen molar-refractivity contribution in [1.82, 2.24) is 4.98 Å². The first-order chi connectivity index (χ1) is 24.3. The number of allylic oxidation sites excluding steroid dienone is 1. The highest BCUT2D eigenvalue weighted by Gasteiger charge is 2.56. The zero-order chi connectivity index (χ0) is 35.5. The number of fused-ring (bicyclic) bond motifs is 5. The van der Waals surface area contributed by atoms with Crippen molar-refractivity contribution in [3.8, 4) is 0 Å². The number of benzene rings is 2. The molecular weight excluding hydrogens is 661 g/mol. The van der Waals surface area contributed by atoms with Crippen LogP contribution in [-0.4, -0.2) is 33.3 Å². The fourth-order valence-corrected chi connectivity index (χ4v) is 13.4. The van der Waals surface area contributed by atoms with Crippen LogP contribution in [0.5, 0.6) is 0 Å². The van der Waals surface area contributed by atoms with Crippen LogP contribution >= 0.6 is 0 Å². The first-order valence-electron chi connectivity index (χ1n) is 19.7. The van der Waals surface area contributed by atoms with Gasteiger partial charge in [0.25, 0.3) is 0 Å². The van der Waals surface area contributed by atoms with Gasteiger partial charge in [-0.3, -0.25) is 0 Å². The Balaban J connectivity index is 1.38. The monoisotopic (exact) mass is 720 g/mol. The van der Waals surface area contributed by atoms with E-state index in [0.29, 0.717) is 29.1 Å². The number of aromatic nitrogens is 1. The van der Waals surface area contributed by atoms with E-state index in [0.717, 1.165) is 65.5 Å². The van der Waals surface area contributed by atoms with Crippen molar-refractivity contribution in [3.63, 3.8) is 0 Å². The van der Waals surface area contributed by atoms with Gasteiger partial charge in [0.05, 0.1) is 22.6 Å². The fraction of sp³-hybridized carbons (Fsp3) is 0.595. The maximum Gasteiger partial charge on any atom is 0.218 e. The summed E-state index contributed by atoms with van der Waals surface area (Å²) in [5, 5.41) is 4.02. The Morgan fingerprint density at radius 1 is 0.620 bits per heavy atom. The average Bonchev–Trinajstić information content (AvgIpc) is 3.66. The van der Waals surface area contributed by atoms with Crippen molar-refractivity contribution in [2.75, 3.05) is 11.5 Å². The van der Waals surface area contributed by atoms with Crippen LogP contribution in [0, 0.1) is 10.4 Å². The quantitative estimate of drug-likeness (QED) is 0.0729. The molecule has 1 aliphatic heterocycles. The lowest BCUT2D eigenvalue weighted by Gasteiger charge is -2.32. The van der Waals surface area contributed by atoms with Crippen molar-refractivity contribution in [3.05, 3.63) is 75.3 Å². The number of hydrogen-bond acceptors (Lipinski definition) is 5. The molecule has 2 aliphatic rings. The standard InChI is InChI=1S/C42H60N2O4S2/c1-3-5-7-9-11-13-15-17-19-23-30-49(45,46)42(50(47,48)31-24-20-18-16-14-12-10-8-6-4-2)29-25-28-38-41(42)36-33-39-35(32-40(36)44-38)34-26-21-22-27-37(34)43-39/h21-22,25-29,32-33,44H,3-20,23-24,30-31H2,1-2H3. The van der Waals surface area contributed by atoms with E-state index >= 15 is 0 Å². The van der Waals surface area contributed by atoms with Crippen LogP contribution in [0.4, 0.5) is 5.69 Å². The second-order valence-corrected chi connectivity index (χ2v) is 19.5. The van der Waals surface area contributed by atoms with Gasteiger partial charge in [0.2, 0.25) is 4.08 Å². The summed E-state index contributed by atoms with van der Waals surface area (Å²) in [5.74, 6) is -0.310. The lowest BCUT2D eigenvalue weighted by Crippen LogP contribution is -2.48. The van der Waals surface area contributed by atoms with Gasteiger partial charge >= 0.3 is 0 Å². The smallest absolute Gasteiger partial charge is 0.218 e. The molecule has 50 heavy (non-hydrogen) atoms. The van der Waals surface area contributed by atoms with Crippen LogP contribution in [0.2, 0.25) is 0 Å². The van der Waals surface area contributed by atoms with Gasteiger partial charge < -0.3 is 4.98 Å². The fourth-order valence-electron chi connectivity index (χ4n) is 7.92. The molecule has 0 fully saturated rings. The van der Waals surface area contributed by atoms with Gasteiger partial charge in [0.1, 0.15) is 0 Å². The number of nitrogens with one attached hydrogen (secondary N) is 1. The molecule has 0 saturated carbocycles. The molecule has 3 aromatic rings. The highest BCUT2D eigenvalue weighted by molar-refractivity contribution is 8.09. The van der Waals surface area contributed by atoms with Crippen molar-refractivity contribution in [2.45, 2.75) is 146 Å². The summed E-state index contributed by atoms with van der Waals surface area (Å²) >= 11 is 0. The van der Waals surface area contributed by atoms with E-state index in [1.54, 1.807) is 6.08 Å². The van der Waals surface area contributed by atoms with E-state index in [4.69, 9.17) is 4.99 Å². The molecular formula is C42H60N2O4S2. The van der Waals surface area contributed by atoms with E-state index in [2.05, 4.69) is 18.8 Å². The SMILES string of the molecule is CCCCCCCCCCCCS(=O)(=O)C1(S(=O)(=O)CCCCCCCCCCCC)C=CC=c2[nH]c3cc4c(cc3c21)N=c1ccccc1=4. The molecule has 0 bridgehead atoms. The number of unbranched alkanes of at least 4 members (excludes halogenated alkanes) is 18. The Bertz CT molecular complexity index is 1990. The highest BCUT2D eigenvalue weighted by Crippen LogP contribution is 2.44. The summed E-state index contributed by atoms with van der Waals surface area (Å²) in [6, 6.07) is 11.8. The zero-order valence-electron chi connectivity index (χ0n) is 30.6. The average molecular weight is 721 g/mol. The van der Waals surface area contributed by atoms with Crippen LogP contribution in [0.25, 0.3) is 17.0 Å². The second-order valence-electron chi connectivity index (χ2n) is 14.7. The van der Waals surface area contributed by atoms with Gasteiger partial charge in [-0.25, -0.2) is 21.8 Å². The van der Waals surface area contributed by atoms with E-state index in [1.165, 1.54) is 83.1 Å². The molecule has 0 atom stereocenters. The molecule has 274 valence electrons. The number of aromatic amines is 1. The summed E-state index contributed by atoms with van der Waals surface area (Å²) in [4.78, 5) is 8.25. The van der Waals surface area contributed by atoms with Crippen LogP contribution < -0.4 is 10.7 Å². The summed E-state index contributed by atoms with van der Waals surface area (Å²) in [5.41, 5.74) is 1.82. The van der Waals surface area contributed by atoms with Crippen LogP contribution in [0.1, 0.15) is 148 Å². The number of para-hydroxylation sites is 1. The normalized spacial score (nSPS) is 14.7.